The van der Waals surface area contributed by atoms with Crippen LogP contribution < -0.4 is 10.6 Å². The Morgan fingerprint density at radius 3 is 2.59 bits per heavy atom. The van der Waals surface area contributed by atoms with Crippen LogP contribution in [0.4, 0.5) is 11.4 Å². The summed E-state index contributed by atoms with van der Waals surface area (Å²) in [4.78, 5) is 3.50. The van der Waals surface area contributed by atoms with Gasteiger partial charge in [-0.25, -0.2) is 0 Å². The number of nitrogens with two attached hydrogens (primary N) is 1. The maximum absolute atomic E-state index is 5.99. The van der Waals surface area contributed by atoms with Crippen molar-refractivity contribution in [1.29, 1.82) is 0 Å². The van der Waals surface area contributed by atoms with Crippen LogP contribution in [0.5, 0.6) is 0 Å². The summed E-state index contributed by atoms with van der Waals surface area (Å²) in [6, 6.07) is 11.9. The first-order valence-electron chi connectivity index (χ1n) is 5.54. The smallest absolute Gasteiger partial charge is 0.0931 e. The van der Waals surface area contributed by atoms with Gasteiger partial charge in [-0.2, -0.15) is 0 Å². The molecule has 17 heavy (non-hydrogen) atoms. The number of anilines is 2. The molecule has 0 bridgehead atoms. The van der Waals surface area contributed by atoms with Crippen LogP contribution in [0.25, 0.3) is 0 Å². The number of thiophene rings is 1. The summed E-state index contributed by atoms with van der Waals surface area (Å²) < 4.78 is 0.831. The van der Waals surface area contributed by atoms with E-state index in [4.69, 9.17) is 17.3 Å². The van der Waals surface area contributed by atoms with Crippen LogP contribution in [0.15, 0.2) is 36.4 Å². The van der Waals surface area contributed by atoms with Gasteiger partial charge in [0.05, 0.1) is 22.3 Å². The van der Waals surface area contributed by atoms with E-state index < -0.39 is 0 Å². The molecular weight excluding hydrogens is 252 g/mol. The standard InChI is InChI=1S/C13H15ClN2S/c1-2-16(9-10-7-8-13(14)17-10)12-6-4-3-5-11(12)15/h3-8H,2,9,15H2,1H3. The van der Waals surface area contributed by atoms with Crippen molar-refractivity contribution in [3.63, 3.8) is 0 Å². The van der Waals surface area contributed by atoms with Gasteiger partial charge in [0.15, 0.2) is 0 Å². The number of hydrogen-bond acceptors (Lipinski definition) is 3. The fourth-order valence-corrected chi connectivity index (χ4v) is 2.87. The number of halogens is 1. The molecule has 0 unspecified atom stereocenters. The zero-order valence-corrected chi connectivity index (χ0v) is 11.3. The quantitative estimate of drug-likeness (QED) is 0.848. The van der Waals surface area contributed by atoms with Crippen molar-refractivity contribution in [2.75, 3.05) is 17.2 Å². The van der Waals surface area contributed by atoms with Gasteiger partial charge in [0.1, 0.15) is 0 Å². The molecule has 0 aliphatic heterocycles. The third-order valence-corrected chi connectivity index (χ3v) is 3.85. The monoisotopic (exact) mass is 266 g/mol. The molecule has 0 fully saturated rings. The molecule has 0 amide bonds. The summed E-state index contributed by atoms with van der Waals surface area (Å²) in [6.07, 6.45) is 0. The number of hydrogen-bond donors (Lipinski definition) is 1. The molecule has 2 N–H and O–H groups in total. The van der Waals surface area contributed by atoms with E-state index in [1.807, 2.05) is 30.3 Å². The lowest BCUT2D eigenvalue weighted by Crippen LogP contribution is -2.22. The van der Waals surface area contributed by atoms with E-state index in [0.717, 1.165) is 28.8 Å². The Balaban J connectivity index is 2.20. The highest BCUT2D eigenvalue weighted by Gasteiger charge is 2.09. The van der Waals surface area contributed by atoms with Gasteiger partial charge in [-0.1, -0.05) is 23.7 Å². The van der Waals surface area contributed by atoms with Gasteiger partial charge in [0.25, 0.3) is 0 Å². The Morgan fingerprint density at radius 1 is 1.24 bits per heavy atom. The SMILES string of the molecule is CCN(Cc1ccc(Cl)s1)c1ccccc1N. The highest BCUT2D eigenvalue weighted by atomic mass is 35.5. The van der Waals surface area contributed by atoms with Crippen molar-refractivity contribution < 1.29 is 0 Å². The number of rotatable bonds is 4. The zero-order valence-electron chi connectivity index (χ0n) is 9.69. The molecule has 0 spiro atoms. The van der Waals surface area contributed by atoms with Crippen molar-refractivity contribution in [3.05, 3.63) is 45.6 Å². The average molecular weight is 267 g/mol. The van der Waals surface area contributed by atoms with Crippen LogP contribution in [0, 0.1) is 0 Å². The highest BCUT2D eigenvalue weighted by molar-refractivity contribution is 7.16. The molecule has 0 saturated heterocycles. The van der Waals surface area contributed by atoms with Crippen molar-refractivity contribution in [1.82, 2.24) is 0 Å². The predicted molar refractivity (Wildman–Crippen MR) is 76.9 cm³/mol. The van der Waals surface area contributed by atoms with Crippen LogP contribution in [-0.4, -0.2) is 6.54 Å². The topological polar surface area (TPSA) is 29.3 Å². The summed E-state index contributed by atoms with van der Waals surface area (Å²) in [5.41, 5.74) is 7.89. The lowest BCUT2D eigenvalue weighted by molar-refractivity contribution is 0.844. The molecule has 2 nitrogen and oxygen atoms in total. The average Bonchev–Trinajstić information content (AvgIpc) is 2.73. The second-order valence-electron chi connectivity index (χ2n) is 3.78. The second-order valence-corrected chi connectivity index (χ2v) is 5.58. The first kappa shape index (κ1) is 12.3. The van der Waals surface area contributed by atoms with Crippen molar-refractivity contribution in [2.45, 2.75) is 13.5 Å². The molecule has 0 radical (unpaired) electrons. The molecule has 0 aliphatic carbocycles. The lowest BCUT2D eigenvalue weighted by Gasteiger charge is -2.23. The van der Waals surface area contributed by atoms with E-state index in [-0.39, 0.29) is 0 Å². The van der Waals surface area contributed by atoms with Crippen molar-refractivity contribution >= 4 is 34.3 Å². The molecule has 0 atom stereocenters. The minimum Gasteiger partial charge on any atom is -0.397 e. The fraction of sp³-hybridized carbons (Fsp3) is 0.231. The van der Waals surface area contributed by atoms with Crippen LogP contribution in [0.1, 0.15) is 11.8 Å². The Hall–Kier alpha value is -1.19. The van der Waals surface area contributed by atoms with Crippen LogP contribution in [0.2, 0.25) is 4.34 Å². The normalized spacial score (nSPS) is 10.5. The van der Waals surface area contributed by atoms with Crippen LogP contribution in [-0.2, 0) is 6.54 Å². The Bertz CT molecular complexity index is 496. The largest absolute Gasteiger partial charge is 0.397 e. The summed E-state index contributed by atoms with van der Waals surface area (Å²) >= 11 is 7.55. The molecule has 1 aromatic heterocycles. The van der Waals surface area contributed by atoms with Gasteiger partial charge >= 0.3 is 0 Å². The molecule has 2 aromatic rings. The summed E-state index contributed by atoms with van der Waals surface area (Å²) in [5.74, 6) is 0. The third kappa shape index (κ3) is 2.93. The number of nitrogens with zero attached hydrogens (tertiary/aromatic N) is 1. The van der Waals surface area contributed by atoms with Crippen LogP contribution in [0.3, 0.4) is 0 Å². The second kappa shape index (κ2) is 5.43. The molecule has 1 aromatic carbocycles. The summed E-state index contributed by atoms with van der Waals surface area (Å²) in [7, 11) is 0. The molecule has 1 heterocycles. The molecule has 90 valence electrons. The summed E-state index contributed by atoms with van der Waals surface area (Å²) in [5, 5.41) is 0. The maximum Gasteiger partial charge on any atom is 0.0931 e. The lowest BCUT2D eigenvalue weighted by atomic mass is 10.2. The summed E-state index contributed by atoms with van der Waals surface area (Å²) in [6.45, 7) is 3.90. The minimum atomic E-state index is 0.817. The van der Waals surface area contributed by atoms with Gasteiger partial charge in [-0.3, -0.25) is 0 Å². The molecular formula is C13H15ClN2S. The van der Waals surface area contributed by atoms with Gasteiger partial charge in [0.2, 0.25) is 0 Å². The van der Waals surface area contributed by atoms with E-state index >= 15 is 0 Å². The van der Waals surface area contributed by atoms with Crippen molar-refractivity contribution in [3.8, 4) is 0 Å². The Labute approximate surface area is 111 Å². The first-order valence-corrected chi connectivity index (χ1v) is 6.74. The number of nitrogen functional groups attached to an aromatic ring is 1. The minimum absolute atomic E-state index is 0.817. The number of para-hydroxylation sites is 2. The van der Waals surface area contributed by atoms with Gasteiger partial charge < -0.3 is 10.6 Å². The molecule has 0 aliphatic rings. The van der Waals surface area contributed by atoms with E-state index in [1.54, 1.807) is 11.3 Å². The fourth-order valence-electron chi connectivity index (χ4n) is 1.77. The third-order valence-electron chi connectivity index (χ3n) is 2.63. The van der Waals surface area contributed by atoms with E-state index in [2.05, 4.69) is 17.9 Å². The van der Waals surface area contributed by atoms with Crippen molar-refractivity contribution in [2.24, 2.45) is 0 Å². The zero-order chi connectivity index (χ0) is 12.3. The highest BCUT2D eigenvalue weighted by Crippen LogP contribution is 2.27. The van der Waals surface area contributed by atoms with Gasteiger partial charge in [-0.05, 0) is 31.2 Å². The molecule has 0 saturated carbocycles. The van der Waals surface area contributed by atoms with E-state index in [1.165, 1.54) is 4.88 Å². The van der Waals surface area contributed by atoms with Crippen LogP contribution >= 0.6 is 22.9 Å². The Kier molecular flexibility index (Phi) is 3.92. The Morgan fingerprint density at radius 2 is 2.00 bits per heavy atom. The van der Waals surface area contributed by atoms with Gasteiger partial charge in [-0.15, -0.1) is 11.3 Å². The molecule has 2 rings (SSSR count). The molecule has 4 heteroatoms. The number of benzene rings is 1. The first-order chi connectivity index (χ1) is 8.20. The van der Waals surface area contributed by atoms with Gasteiger partial charge in [0, 0.05) is 11.4 Å². The van der Waals surface area contributed by atoms with E-state index in [9.17, 15) is 0 Å². The van der Waals surface area contributed by atoms with E-state index in [0.29, 0.717) is 0 Å². The predicted octanol–water partition coefficient (Wildman–Crippen LogP) is 4.01. The maximum atomic E-state index is 5.99.